The number of hydrogen-bond donors (Lipinski definition) is 4. The van der Waals surface area contributed by atoms with Crippen molar-refractivity contribution in [1.29, 1.82) is 0 Å². The highest BCUT2D eigenvalue weighted by atomic mass is 16.4. The maximum absolute atomic E-state index is 9.90. The first-order valence-electron chi connectivity index (χ1n) is 6.63. The molecule has 0 amide bonds. The molecular formula is C14H21N3O2. The van der Waals surface area contributed by atoms with Gasteiger partial charge < -0.3 is 21.4 Å². The van der Waals surface area contributed by atoms with Crippen molar-refractivity contribution in [3.8, 4) is 0 Å². The molecule has 104 valence electrons. The molecule has 5 N–H and O–H groups in total. The van der Waals surface area contributed by atoms with E-state index in [0.717, 1.165) is 18.4 Å². The largest absolute Gasteiger partial charge is 0.409 e. The molecule has 0 saturated heterocycles. The minimum atomic E-state index is -0.307. The third kappa shape index (κ3) is 4.22. The predicted molar refractivity (Wildman–Crippen MR) is 73.9 cm³/mol. The summed E-state index contributed by atoms with van der Waals surface area (Å²) in [6.45, 7) is 0.531. The maximum atomic E-state index is 9.90. The Morgan fingerprint density at radius 2 is 2.05 bits per heavy atom. The summed E-state index contributed by atoms with van der Waals surface area (Å²) in [5.41, 5.74) is 6.65. The van der Waals surface area contributed by atoms with Gasteiger partial charge in [-0.05, 0) is 24.3 Å². The number of benzene rings is 1. The first-order valence-corrected chi connectivity index (χ1v) is 6.63. The standard InChI is InChI=1S/C14H21N3O2/c15-14(17-19)8-12(10-4-2-1-3-5-10)16-9-13(18)11-6-7-11/h1-5,11-13,16,18-19H,6-9H2,(H2,15,17). The molecule has 2 unspecified atom stereocenters. The molecule has 2 rings (SSSR count). The molecule has 5 nitrogen and oxygen atoms in total. The first-order chi connectivity index (χ1) is 9.20. The average molecular weight is 263 g/mol. The van der Waals surface area contributed by atoms with Gasteiger partial charge in [0.1, 0.15) is 5.84 Å². The van der Waals surface area contributed by atoms with E-state index in [0.29, 0.717) is 18.9 Å². The van der Waals surface area contributed by atoms with Gasteiger partial charge in [0.25, 0.3) is 0 Å². The van der Waals surface area contributed by atoms with E-state index in [1.807, 2.05) is 30.3 Å². The molecule has 0 heterocycles. The molecule has 0 radical (unpaired) electrons. The SMILES string of the molecule is NC(CC(NCC(O)C1CC1)c1ccccc1)=NO. The molecule has 1 aromatic carbocycles. The summed E-state index contributed by atoms with van der Waals surface area (Å²) in [5.74, 6) is 0.620. The van der Waals surface area contributed by atoms with Gasteiger partial charge in [0.15, 0.2) is 0 Å². The lowest BCUT2D eigenvalue weighted by molar-refractivity contribution is 0.145. The number of amidine groups is 1. The smallest absolute Gasteiger partial charge is 0.141 e. The van der Waals surface area contributed by atoms with Crippen molar-refractivity contribution in [2.45, 2.75) is 31.4 Å². The van der Waals surface area contributed by atoms with Crippen molar-refractivity contribution in [1.82, 2.24) is 5.32 Å². The number of hydrogen-bond acceptors (Lipinski definition) is 4. The number of oxime groups is 1. The fourth-order valence-corrected chi connectivity index (χ4v) is 2.15. The minimum Gasteiger partial charge on any atom is -0.409 e. The molecule has 0 aromatic heterocycles. The van der Waals surface area contributed by atoms with Crippen LogP contribution in [0.15, 0.2) is 35.5 Å². The Morgan fingerprint density at radius 3 is 2.63 bits per heavy atom. The summed E-state index contributed by atoms with van der Waals surface area (Å²) >= 11 is 0. The van der Waals surface area contributed by atoms with Gasteiger partial charge in [0.05, 0.1) is 6.10 Å². The predicted octanol–water partition coefficient (Wildman–Crippen LogP) is 1.22. The van der Waals surface area contributed by atoms with Crippen LogP contribution in [0.5, 0.6) is 0 Å². The molecule has 0 aliphatic heterocycles. The topological polar surface area (TPSA) is 90.9 Å². The minimum absolute atomic E-state index is 0.0505. The van der Waals surface area contributed by atoms with E-state index >= 15 is 0 Å². The normalized spacial score (nSPS) is 19.1. The number of rotatable bonds is 7. The second-order valence-corrected chi connectivity index (χ2v) is 5.07. The van der Waals surface area contributed by atoms with Gasteiger partial charge in [-0.3, -0.25) is 0 Å². The van der Waals surface area contributed by atoms with Gasteiger partial charge in [-0.1, -0.05) is 35.5 Å². The van der Waals surface area contributed by atoms with Crippen molar-refractivity contribution in [3.05, 3.63) is 35.9 Å². The Morgan fingerprint density at radius 1 is 1.37 bits per heavy atom. The fraction of sp³-hybridized carbons (Fsp3) is 0.500. The van der Waals surface area contributed by atoms with Gasteiger partial charge in [-0.25, -0.2) is 0 Å². The van der Waals surface area contributed by atoms with Crippen LogP contribution in [0.1, 0.15) is 30.9 Å². The summed E-state index contributed by atoms with van der Waals surface area (Å²) in [7, 11) is 0. The summed E-state index contributed by atoms with van der Waals surface area (Å²) in [5, 5.41) is 24.9. The molecular weight excluding hydrogens is 242 g/mol. The highest BCUT2D eigenvalue weighted by Gasteiger charge is 2.30. The van der Waals surface area contributed by atoms with Crippen LogP contribution >= 0.6 is 0 Å². The lowest BCUT2D eigenvalue weighted by Gasteiger charge is -2.20. The molecule has 19 heavy (non-hydrogen) atoms. The van der Waals surface area contributed by atoms with Gasteiger partial charge in [0.2, 0.25) is 0 Å². The lowest BCUT2D eigenvalue weighted by Crippen LogP contribution is -2.33. The van der Waals surface area contributed by atoms with E-state index < -0.39 is 0 Å². The van der Waals surface area contributed by atoms with Crippen LogP contribution in [0.25, 0.3) is 0 Å². The lowest BCUT2D eigenvalue weighted by atomic mass is 10.0. The van der Waals surface area contributed by atoms with E-state index in [1.165, 1.54) is 0 Å². The average Bonchev–Trinajstić information content (AvgIpc) is 3.28. The van der Waals surface area contributed by atoms with E-state index in [2.05, 4.69) is 10.5 Å². The van der Waals surface area contributed by atoms with Crippen LogP contribution in [-0.4, -0.2) is 28.8 Å². The third-order valence-corrected chi connectivity index (χ3v) is 3.48. The van der Waals surface area contributed by atoms with E-state index in [-0.39, 0.29) is 18.0 Å². The van der Waals surface area contributed by atoms with Crippen molar-refractivity contribution in [2.24, 2.45) is 16.8 Å². The molecule has 1 saturated carbocycles. The molecule has 0 bridgehead atoms. The summed E-state index contributed by atoms with van der Waals surface area (Å²) < 4.78 is 0. The van der Waals surface area contributed by atoms with Crippen molar-refractivity contribution in [2.75, 3.05) is 6.54 Å². The molecule has 1 aromatic rings. The fourth-order valence-electron chi connectivity index (χ4n) is 2.15. The molecule has 1 aliphatic rings. The Kier molecular flexibility index (Phi) is 4.76. The van der Waals surface area contributed by atoms with E-state index in [4.69, 9.17) is 10.9 Å². The van der Waals surface area contributed by atoms with E-state index in [1.54, 1.807) is 0 Å². The van der Waals surface area contributed by atoms with Crippen LogP contribution in [0.2, 0.25) is 0 Å². The molecule has 5 heteroatoms. The maximum Gasteiger partial charge on any atom is 0.141 e. The number of nitrogens with zero attached hydrogens (tertiary/aromatic N) is 1. The van der Waals surface area contributed by atoms with Crippen LogP contribution in [0.3, 0.4) is 0 Å². The highest BCUT2D eigenvalue weighted by Crippen LogP contribution is 2.32. The van der Waals surface area contributed by atoms with Crippen molar-refractivity contribution < 1.29 is 10.3 Å². The zero-order chi connectivity index (χ0) is 13.7. The molecule has 2 atom stereocenters. The molecule has 1 aliphatic carbocycles. The van der Waals surface area contributed by atoms with Crippen LogP contribution < -0.4 is 11.1 Å². The zero-order valence-electron chi connectivity index (χ0n) is 10.9. The van der Waals surface area contributed by atoms with Crippen LogP contribution in [0.4, 0.5) is 0 Å². The van der Waals surface area contributed by atoms with Crippen LogP contribution in [-0.2, 0) is 0 Å². The quantitative estimate of drug-likeness (QED) is 0.258. The first kappa shape index (κ1) is 13.8. The second-order valence-electron chi connectivity index (χ2n) is 5.07. The number of aliphatic hydroxyl groups excluding tert-OH is 1. The molecule has 1 fully saturated rings. The highest BCUT2D eigenvalue weighted by molar-refractivity contribution is 5.80. The third-order valence-electron chi connectivity index (χ3n) is 3.48. The Labute approximate surface area is 113 Å². The van der Waals surface area contributed by atoms with Crippen molar-refractivity contribution >= 4 is 5.84 Å². The monoisotopic (exact) mass is 263 g/mol. The van der Waals surface area contributed by atoms with Gasteiger partial charge in [-0.2, -0.15) is 0 Å². The summed E-state index contributed by atoms with van der Waals surface area (Å²) in [4.78, 5) is 0. The second kappa shape index (κ2) is 6.54. The zero-order valence-corrected chi connectivity index (χ0v) is 10.9. The summed E-state index contributed by atoms with van der Waals surface area (Å²) in [6.07, 6.45) is 2.33. The van der Waals surface area contributed by atoms with Gasteiger partial charge in [-0.15, -0.1) is 0 Å². The molecule has 0 spiro atoms. The Hall–Kier alpha value is -1.59. The Balaban J connectivity index is 1.97. The Bertz CT molecular complexity index is 418. The van der Waals surface area contributed by atoms with Gasteiger partial charge >= 0.3 is 0 Å². The number of nitrogens with two attached hydrogens (primary N) is 1. The summed E-state index contributed by atoms with van der Waals surface area (Å²) in [6, 6.07) is 9.78. The van der Waals surface area contributed by atoms with Crippen molar-refractivity contribution in [3.63, 3.8) is 0 Å². The van der Waals surface area contributed by atoms with Crippen LogP contribution in [0, 0.1) is 5.92 Å². The number of nitrogens with one attached hydrogen (secondary N) is 1. The number of aliphatic hydroxyl groups is 1. The van der Waals surface area contributed by atoms with E-state index in [9.17, 15) is 5.11 Å². The van der Waals surface area contributed by atoms with Gasteiger partial charge in [0, 0.05) is 19.0 Å².